The summed E-state index contributed by atoms with van der Waals surface area (Å²) >= 11 is 0. The highest BCUT2D eigenvalue weighted by Gasteiger charge is 2.31. The number of hydrogen-bond acceptors (Lipinski definition) is 4. The van der Waals surface area contributed by atoms with Crippen molar-refractivity contribution in [2.24, 2.45) is 0 Å². The zero-order chi connectivity index (χ0) is 23.3. The minimum absolute atomic E-state index is 0.154. The number of amides is 1. The second kappa shape index (κ2) is 10.2. The number of nitrogens with two attached hydrogens (primary N) is 1. The van der Waals surface area contributed by atoms with E-state index in [0.29, 0.717) is 16.9 Å². The standard InChI is InChI=1S/C28H34N4O/c1-3-28(30-2)15-17-32(18-16-28)20-21-9-11-23(12-10-21)27(33)31-26-19-24(13-14-25(26)29)22-7-5-4-6-8-22/h4-14,19,30H,3,15-18,20,29H2,1-2H3,(H,31,33). The predicted molar refractivity (Wildman–Crippen MR) is 137 cm³/mol. The van der Waals surface area contributed by atoms with Crippen LogP contribution in [0, 0.1) is 0 Å². The molecule has 0 unspecified atom stereocenters. The molecular formula is C28H34N4O. The highest BCUT2D eigenvalue weighted by Crippen LogP contribution is 2.28. The summed E-state index contributed by atoms with van der Waals surface area (Å²) in [5.74, 6) is -0.154. The minimum Gasteiger partial charge on any atom is -0.397 e. The highest BCUT2D eigenvalue weighted by atomic mass is 16.1. The van der Waals surface area contributed by atoms with Crippen LogP contribution in [0.1, 0.15) is 42.1 Å². The molecule has 0 spiro atoms. The van der Waals surface area contributed by atoms with E-state index in [1.807, 2.05) is 60.7 Å². The Morgan fingerprint density at radius 1 is 0.970 bits per heavy atom. The number of carbonyl (C=O) groups excluding carboxylic acids is 1. The van der Waals surface area contributed by atoms with Crippen LogP contribution in [0.25, 0.3) is 11.1 Å². The number of nitrogens with one attached hydrogen (secondary N) is 2. The minimum atomic E-state index is -0.154. The number of nitrogen functional groups attached to an aromatic ring is 1. The largest absolute Gasteiger partial charge is 0.397 e. The first-order valence-corrected chi connectivity index (χ1v) is 11.8. The molecule has 1 fully saturated rings. The maximum atomic E-state index is 12.9. The molecule has 1 aliphatic heterocycles. The van der Waals surface area contributed by atoms with Gasteiger partial charge in [-0.3, -0.25) is 9.69 Å². The molecule has 1 aliphatic rings. The van der Waals surface area contributed by atoms with Gasteiger partial charge in [-0.2, -0.15) is 0 Å². The van der Waals surface area contributed by atoms with Gasteiger partial charge >= 0.3 is 0 Å². The Morgan fingerprint density at radius 2 is 1.67 bits per heavy atom. The number of likely N-dealkylation sites (tertiary alicyclic amines) is 1. The average molecular weight is 443 g/mol. The third kappa shape index (κ3) is 5.44. The molecular weight excluding hydrogens is 408 g/mol. The molecule has 1 saturated heterocycles. The normalized spacial score (nSPS) is 15.8. The predicted octanol–water partition coefficient (Wildman–Crippen LogP) is 5.15. The Hall–Kier alpha value is -3.15. The molecule has 0 aliphatic carbocycles. The summed E-state index contributed by atoms with van der Waals surface area (Å²) in [6.07, 6.45) is 3.51. The maximum Gasteiger partial charge on any atom is 0.255 e. The monoisotopic (exact) mass is 442 g/mol. The molecule has 172 valence electrons. The third-order valence-corrected chi connectivity index (χ3v) is 7.05. The molecule has 0 radical (unpaired) electrons. The lowest BCUT2D eigenvalue weighted by Crippen LogP contribution is -2.51. The molecule has 0 aromatic heterocycles. The molecule has 5 nitrogen and oxygen atoms in total. The fourth-order valence-electron chi connectivity index (χ4n) is 4.61. The van der Waals surface area contributed by atoms with Crippen LogP contribution in [0.5, 0.6) is 0 Å². The van der Waals surface area contributed by atoms with E-state index in [2.05, 4.69) is 41.6 Å². The first-order chi connectivity index (χ1) is 16.0. The lowest BCUT2D eigenvalue weighted by atomic mass is 9.85. The van der Waals surface area contributed by atoms with Gasteiger partial charge in [0.05, 0.1) is 11.4 Å². The van der Waals surface area contributed by atoms with E-state index in [1.165, 1.54) is 24.8 Å². The van der Waals surface area contributed by atoms with Gasteiger partial charge in [-0.15, -0.1) is 0 Å². The summed E-state index contributed by atoms with van der Waals surface area (Å²) < 4.78 is 0. The molecule has 0 bridgehead atoms. The average Bonchev–Trinajstić information content (AvgIpc) is 2.87. The summed E-state index contributed by atoms with van der Waals surface area (Å²) in [7, 11) is 2.08. The number of rotatable bonds is 7. The number of nitrogens with zero attached hydrogens (tertiary/aromatic N) is 1. The molecule has 5 heteroatoms. The second-order valence-corrected chi connectivity index (χ2v) is 8.98. The van der Waals surface area contributed by atoms with Crippen molar-refractivity contribution < 1.29 is 4.79 Å². The summed E-state index contributed by atoms with van der Waals surface area (Å²) in [4.78, 5) is 15.4. The number of piperidine rings is 1. The zero-order valence-electron chi connectivity index (χ0n) is 19.6. The number of benzene rings is 3. The SMILES string of the molecule is CCC1(NC)CCN(Cc2ccc(C(=O)Nc3cc(-c4ccccc4)ccc3N)cc2)CC1. The lowest BCUT2D eigenvalue weighted by molar-refractivity contribution is 0.102. The van der Waals surface area contributed by atoms with Gasteiger partial charge in [-0.1, -0.05) is 55.5 Å². The van der Waals surface area contributed by atoms with Gasteiger partial charge in [0, 0.05) is 30.7 Å². The van der Waals surface area contributed by atoms with E-state index >= 15 is 0 Å². The number of carbonyl (C=O) groups is 1. The molecule has 4 N–H and O–H groups in total. The molecule has 0 atom stereocenters. The Kier molecular flexibility index (Phi) is 7.11. The Labute approximate surface area is 197 Å². The maximum absolute atomic E-state index is 12.9. The van der Waals surface area contributed by atoms with Gasteiger partial charge in [0.1, 0.15) is 0 Å². The zero-order valence-corrected chi connectivity index (χ0v) is 19.6. The molecule has 0 saturated carbocycles. The quantitative estimate of drug-likeness (QED) is 0.443. The lowest BCUT2D eigenvalue weighted by Gasteiger charge is -2.41. The van der Waals surface area contributed by atoms with Crippen molar-refractivity contribution >= 4 is 17.3 Å². The van der Waals surface area contributed by atoms with Crippen LogP contribution in [-0.2, 0) is 6.54 Å². The van der Waals surface area contributed by atoms with Crippen molar-refractivity contribution in [3.63, 3.8) is 0 Å². The van der Waals surface area contributed by atoms with Crippen molar-refractivity contribution in [3.05, 3.63) is 83.9 Å². The van der Waals surface area contributed by atoms with Crippen molar-refractivity contribution in [2.45, 2.75) is 38.3 Å². The molecule has 1 heterocycles. The fraction of sp³-hybridized carbons (Fsp3) is 0.321. The van der Waals surface area contributed by atoms with Crippen LogP contribution >= 0.6 is 0 Å². The summed E-state index contributed by atoms with van der Waals surface area (Å²) in [6, 6.07) is 23.7. The Balaban J connectivity index is 1.38. The van der Waals surface area contributed by atoms with E-state index in [9.17, 15) is 4.79 Å². The summed E-state index contributed by atoms with van der Waals surface area (Å²) in [5.41, 5.74) is 11.6. The molecule has 1 amide bonds. The van der Waals surface area contributed by atoms with Gasteiger partial charge < -0.3 is 16.4 Å². The van der Waals surface area contributed by atoms with E-state index in [0.717, 1.165) is 30.8 Å². The number of hydrogen-bond donors (Lipinski definition) is 3. The van der Waals surface area contributed by atoms with Crippen molar-refractivity contribution in [1.29, 1.82) is 0 Å². The number of anilines is 2. The van der Waals surface area contributed by atoms with E-state index in [-0.39, 0.29) is 11.4 Å². The first-order valence-electron chi connectivity index (χ1n) is 11.8. The van der Waals surface area contributed by atoms with Crippen molar-refractivity contribution in [1.82, 2.24) is 10.2 Å². The van der Waals surface area contributed by atoms with Gasteiger partial charge in [-0.05, 0) is 67.3 Å². The summed E-state index contributed by atoms with van der Waals surface area (Å²) in [5, 5.41) is 6.51. The van der Waals surface area contributed by atoms with Crippen molar-refractivity contribution in [2.75, 3.05) is 31.2 Å². The highest BCUT2D eigenvalue weighted by molar-refractivity contribution is 6.06. The second-order valence-electron chi connectivity index (χ2n) is 8.98. The van der Waals surface area contributed by atoms with Crippen LogP contribution in [0.2, 0.25) is 0 Å². The Morgan fingerprint density at radius 3 is 2.30 bits per heavy atom. The molecule has 33 heavy (non-hydrogen) atoms. The smallest absolute Gasteiger partial charge is 0.255 e. The fourth-order valence-corrected chi connectivity index (χ4v) is 4.61. The molecule has 4 rings (SSSR count). The van der Waals surface area contributed by atoms with Crippen LogP contribution in [0.4, 0.5) is 11.4 Å². The Bertz CT molecular complexity index is 1060. The summed E-state index contributed by atoms with van der Waals surface area (Å²) in [6.45, 7) is 5.36. The molecule has 3 aromatic rings. The topological polar surface area (TPSA) is 70.4 Å². The van der Waals surface area contributed by atoms with Gasteiger partial charge in [0.25, 0.3) is 5.91 Å². The molecule has 3 aromatic carbocycles. The van der Waals surface area contributed by atoms with Crippen LogP contribution in [0.15, 0.2) is 72.8 Å². The van der Waals surface area contributed by atoms with E-state index in [4.69, 9.17) is 5.73 Å². The van der Waals surface area contributed by atoms with Gasteiger partial charge in [0.2, 0.25) is 0 Å². The van der Waals surface area contributed by atoms with Crippen LogP contribution < -0.4 is 16.4 Å². The van der Waals surface area contributed by atoms with Crippen LogP contribution in [0.3, 0.4) is 0 Å². The van der Waals surface area contributed by atoms with Crippen LogP contribution in [-0.4, -0.2) is 36.5 Å². The van der Waals surface area contributed by atoms with E-state index in [1.54, 1.807) is 0 Å². The van der Waals surface area contributed by atoms with E-state index < -0.39 is 0 Å². The van der Waals surface area contributed by atoms with Gasteiger partial charge in [-0.25, -0.2) is 0 Å². The van der Waals surface area contributed by atoms with Crippen molar-refractivity contribution in [3.8, 4) is 11.1 Å². The van der Waals surface area contributed by atoms with Gasteiger partial charge in [0.15, 0.2) is 0 Å². The third-order valence-electron chi connectivity index (χ3n) is 7.05. The first kappa shape index (κ1) is 23.0.